The average Bonchev–Trinajstić information content (AvgIpc) is 2.46. The van der Waals surface area contributed by atoms with Crippen molar-refractivity contribution < 1.29 is 22.4 Å². The van der Waals surface area contributed by atoms with E-state index in [-0.39, 0.29) is 19.0 Å². The van der Waals surface area contributed by atoms with E-state index in [0.29, 0.717) is 31.0 Å². The Kier molecular flexibility index (Phi) is 4.16. The highest BCUT2D eigenvalue weighted by molar-refractivity contribution is 5.94. The molecule has 2 rings (SSSR count). The Morgan fingerprint density at radius 2 is 1.90 bits per heavy atom. The number of rotatable bonds is 1. The lowest BCUT2D eigenvalue weighted by atomic mass is 9.97. The van der Waals surface area contributed by atoms with E-state index in [1.165, 1.54) is 4.90 Å². The number of benzene rings is 1. The van der Waals surface area contributed by atoms with E-state index in [0.717, 1.165) is 0 Å². The molecule has 0 aromatic heterocycles. The van der Waals surface area contributed by atoms with Gasteiger partial charge in [-0.2, -0.15) is 18.4 Å². The molecule has 1 heterocycles. The number of piperidine rings is 1. The number of hydrogen-bond donors (Lipinski definition) is 0. The van der Waals surface area contributed by atoms with Crippen molar-refractivity contribution in [3.05, 3.63) is 35.1 Å². The average molecular weight is 300 g/mol. The summed E-state index contributed by atoms with van der Waals surface area (Å²) in [4.78, 5) is 13.4. The van der Waals surface area contributed by atoms with Crippen LogP contribution in [0.15, 0.2) is 18.2 Å². The standard InChI is InChI=1S/C14H12F4N2O/c15-12-2-1-10(14(16,17)18)7-11(12)13(21)20-5-3-9(8-19)4-6-20/h1-2,7,9H,3-6H2. The van der Waals surface area contributed by atoms with Crippen molar-refractivity contribution in [1.29, 1.82) is 5.26 Å². The summed E-state index contributed by atoms with van der Waals surface area (Å²) in [5.74, 6) is -1.91. The van der Waals surface area contributed by atoms with Gasteiger partial charge >= 0.3 is 6.18 Å². The molecule has 1 saturated heterocycles. The molecule has 1 amide bonds. The SMILES string of the molecule is N#CC1CCN(C(=O)c2cc(C(F)(F)F)ccc2F)CC1. The number of halogens is 4. The molecule has 7 heteroatoms. The van der Waals surface area contributed by atoms with Crippen molar-refractivity contribution >= 4 is 5.91 Å². The molecular formula is C14H12F4N2O. The summed E-state index contributed by atoms with van der Waals surface area (Å²) in [6.07, 6.45) is -3.73. The quantitative estimate of drug-likeness (QED) is 0.747. The van der Waals surface area contributed by atoms with E-state index >= 15 is 0 Å². The second-order valence-corrected chi connectivity index (χ2v) is 4.89. The predicted octanol–water partition coefficient (Wildman–Crippen LogP) is 3.22. The summed E-state index contributed by atoms with van der Waals surface area (Å²) >= 11 is 0. The minimum absolute atomic E-state index is 0.166. The number of alkyl halides is 3. The summed E-state index contributed by atoms with van der Waals surface area (Å²) in [5.41, 5.74) is -1.64. The first kappa shape index (κ1) is 15.3. The molecule has 0 atom stereocenters. The molecule has 0 saturated carbocycles. The minimum Gasteiger partial charge on any atom is -0.338 e. The summed E-state index contributed by atoms with van der Waals surface area (Å²) in [7, 11) is 0. The molecule has 1 aliphatic heterocycles. The first-order valence-corrected chi connectivity index (χ1v) is 6.38. The van der Waals surface area contributed by atoms with E-state index in [9.17, 15) is 22.4 Å². The maximum absolute atomic E-state index is 13.6. The molecular weight excluding hydrogens is 288 g/mol. The van der Waals surface area contributed by atoms with Crippen LogP contribution in [0.2, 0.25) is 0 Å². The zero-order chi connectivity index (χ0) is 15.6. The summed E-state index contributed by atoms with van der Waals surface area (Å²) < 4.78 is 51.5. The van der Waals surface area contributed by atoms with E-state index < -0.39 is 29.0 Å². The monoisotopic (exact) mass is 300 g/mol. The number of nitrogens with zero attached hydrogens (tertiary/aromatic N) is 2. The molecule has 21 heavy (non-hydrogen) atoms. The third kappa shape index (κ3) is 3.32. The van der Waals surface area contributed by atoms with Crippen molar-refractivity contribution in [2.75, 3.05) is 13.1 Å². The molecule has 1 aliphatic rings. The first-order chi connectivity index (χ1) is 9.82. The number of likely N-dealkylation sites (tertiary alicyclic amines) is 1. The lowest BCUT2D eigenvalue weighted by molar-refractivity contribution is -0.137. The van der Waals surface area contributed by atoms with Gasteiger partial charge in [0, 0.05) is 19.0 Å². The Bertz CT molecular complexity index is 584. The normalized spacial score (nSPS) is 16.6. The van der Waals surface area contributed by atoms with E-state index in [1.54, 1.807) is 0 Å². The lowest BCUT2D eigenvalue weighted by Gasteiger charge is -2.29. The zero-order valence-corrected chi connectivity index (χ0v) is 11.0. The Morgan fingerprint density at radius 3 is 2.43 bits per heavy atom. The topological polar surface area (TPSA) is 44.1 Å². The highest BCUT2D eigenvalue weighted by atomic mass is 19.4. The summed E-state index contributed by atoms with van der Waals surface area (Å²) in [6.45, 7) is 0.486. The van der Waals surface area contributed by atoms with Crippen molar-refractivity contribution in [1.82, 2.24) is 4.90 Å². The molecule has 3 nitrogen and oxygen atoms in total. The van der Waals surface area contributed by atoms with Crippen LogP contribution in [-0.4, -0.2) is 23.9 Å². The Morgan fingerprint density at radius 1 is 1.29 bits per heavy atom. The van der Waals surface area contributed by atoms with Gasteiger partial charge in [0.25, 0.3) is 5.91 Å². The van der Waals surface area contributed by atoms with Crippen molar-refractivity contribution in [2.24, 2.45) is 5.92 Å². The fraction of sp³-hybridized carbons (Fsp3) is 0.429. The molecule has 1 aromatic carbocycles. The van der Waals surface area contributed by atoms with Gasteiger partial charge in [0.1, 0.15) is 5.82 Å². The van der Waals surface area contributed by atoms with Crippen LogP contribution in [0.5, 0.6) is 0 Å². The highest BCUT2D eigenvalue weighted by Crippen LogP contribution is 2.31. The van der Waals surface area contributed by atoms with Crippen LogP contribution in [-0.2, 0) is 6.18 Å². The second-order valence-electron chi connectivity index (χ2n) is 4.89. The van der Waals surface area contributed by atoms with Gasteiger partial charge in [-0.15, -0.1) is 0 Å². The Balaban J connectivity index is 2.22. The van der Waals surface area contributed by atoms with Gasteiger partial charge in [0.15, 0.2) is 0 Å². The molecule has 0 unspecified atom stereocenters. The third-order valence-electron chi connectivity index (χ3n) is 3.49. The molecule has 1 fully saturated rings. The van der Waals surface area contributed by atoms with Crippen LogP contribution >= 0.6 is 0 Å². The molecule has 0 bridgehead atoms. The van der Waals surface area contributed by atoms with Crippen LogP contribution in [0, 0.1) is 23.1 Å². The minimum atomic E-state index is -4.63. The van der Waals surface area contributed by atoms with Crippen LogP contribution in [0.4, 0.5) is 17.6 Å². The van der Waals surface area contributed by atoms with Crippen molar-refractivity contribution in [3.63, 3.8) is 0 Å². The molecule has 0 aliphatic carbocycles. The first-order valence-electron chi connectivity index (χ1n) is 6.38. The maximum atomic E-state index is 13.6. The van der Waals surface area contributed by atoms with Crippen LogP contribution in [0.25, 0.3) is 0 Å². The van der Waals surface area contributed by atoms with Gasteiger partial charge in [-0.1, -0.05) is 0 Å². The maximum Gasteiger partial charge on any atom is 0.416 e. The second kappa shape index (κ2) is 5.72. The van der Waals surface area contributed by atoms with Gasteiger partial charge in [0.05, 0.1) is 17.2 Å². The van der Waals surface area contributed by atoms with E-state index in [2.05, 4.69) is 6.07 Å². The largest absolute Gasteiger partial charge is 0.416 e. The van der Waals surface area contributed by atoms with E-state index in [1.807, 2.05) is 0 Å². The fourth-order valence-corrected chi connectivity index (χ4v) is 2.25. The van der Waals surface area contributed by atoms with Crippen LogP contribution in [0.3, 0.4) is 0 Å². The van der Waals surface area contributed by atoms with Crippen molar-refractivity contribution in [2.45, 2.75) is 19.0 Å². The summed E-state index contributed by atoms with van der Waals surface area (Å²) in [6, 6.07) is 3.87. The van der Waals surface area contributed by atoms with Gasteiger partial charge in [-0.05, 0) is 31.0 Å². The van der Waals surface area contributed by atoms with Gasteiger partial charge < -0.3 is 4.90 Å². The Hall–Kier alpha value is -2.10. The zero-order valence-electron chi connectivity index (χ0n) is 11.0. The number of hydrogen-bond acceptors (Lipinski definition) is 2. The van der Waals surface area contributed by atoms with E-state index in [4.69, 9.17) is 5.26 Å². The predicted molar refractivity (Wildman–Crippen MR) is 65.6 cm³/mol. The highest BCUT2D eigenvalue weighted by Gasteiger charge is 2.33. The molecule has 112 valence electrons. The molecule has 0 radical (unpaired) electrons. The van der Waals surface area contributed by atoms with Crippen LogP contribution < -0.4 is 0 Å². The van der Waals surface area contributed by atoms with Gasteiger partial charge in [0.2, 0.25) is 0 Å². The number of carbonyl (C=O) groups is 1. The third-order valence-corrected chi connectivity index (χ3v) is 3.49. The smallest absolute Gasteiger partial charge is 0.338 e. The van der Waals surface area contributed by atoms with Gasteiger partial charge in [-0.25, -0.2) is 4.39 Å². The molecule has 1 aromatic rings. The summed E-state index contributed by atoms with van der Waals surface area (Å²) in [5, 5.41) is 8.76. The number of carbonyl (C=O) groups excluding carboxylic acids is 1. The van der Waals surface area contributed by atoms with Gasteiger partial charge in [-0.3, -0.25) is 4.79 Å². The number of nitriles is 1. The Labute approximate surface area is 118 Å². The fourth-order valence-electron chi connectivity index (χ4n) is 2.25. The van der Waals surface area contributed by atoms with Crippen LogP contribution in [0.1, 0.15) is 28.8 Å². The number of amides is 1. The molecule has 0 N–H and O–H groups in total. The molecule has 0 spiro atoms. The lowest BCUT2D eigenvalue weighted by Crippen LogP contribution is -2.38. The van der Waals surface area contributed by atoms with Crippen molar-refractivity contribution in [3.8, 4) is 6.07 Å².